The first-order chi connectivity index (χ1) is 6.24. The van der Waals surface area contributed by atoms with Crippen LogP contribution in [0, 0.1) is 0 Å². The van der Waals surface area contributed by atoms with Crippen molar-refractivity contribution in [2.24, 2.45) is 0 Å². The van der Waals surface area contributed by atoms with E-state index in [4.69, 9.17) is 5.11 Å². The van der Waals surface area contributed by atoms with E-state index in [1.165, 1.54) is 0 Å². The number of benzene rings is 1. The van der Waals surface area contributed by atoms with E-state index in [-0.39, 0.29) is 5.75 Å². The maximum absolute atomic E-state index is 9.60. The molecule has 1 atom stereocenters. The maximum atomic E-state index is 9.60. The topological polar surface area (TPSA) is 52.5 Å². The van der Waals surface area contributed by atoms with Gasteiger partial charge in [0.25, 0.3) is 0 Å². The molecule has 0 bridgehead atoms. The Bertz CT molecular complexity index is 246. The van der Waals surface area contributed by atoms with E-state index < -0.39 is 6.10 Å². The second-order valence-corrected chi connectivity index (χ2v) is 2.92. The number of nitrogens with one attached hydrogen (secondary N) is 1. The van der Waals surface area contributed by atoms with E-state index >= 15 is 0 Å². The molecule has 0 aromatic heterocycles. The Morgan fingerprint density at radius 1 is 1.31 bits per heavy atom. The van der Waals surface area contributed by atoms with Crippen LogP contribution >= 0.6 is 0 Å². The second-order valence-electron chi connectivity index (χ2n) is 2.92. The predicted octanol–water partition coefficient (Wildman–Crippen LogP) is 1.04. The van der Waals surface area contributed by atoms with E-state index in [2.05, 4.69) is 5.32 Å². The first kappa shape index (κ1) is 10.0. The molecule has 0 aliphatic rings. The fourth-order valence-corrected chi connectivity index (χ4v) is 1.10. The van der Waals surface area contributed by atoms with Crippen LogP contribution in [0.1, 0.15) is 18.6 Å². The second kappa shape index (κ2) is 4.84. The molecule has 0 amide bonds. The summed E-state index contributed by atoms with van der Waals surface area (Å²) in [6.45, 7) is 3.37. The molecule has 1 unspecified atom stereocenters. The van der Waals surface area contributed by atoms with Gasteiger partial charge in [-0.05, 0) is 24.2 Å². The van der Waals surface area contributed by atoms with Gasteiger partial charge in [-0.3, -0.25) is 0 Å². The molecule has 3 heteroatoms. The van der Waals surface area contributed by atoms with Crippen LogP contribution in [0.3, 0.4) is 0 Å². The van der Waals surface area contributed by atoms with Crippen molar-refractivity contribution < 1.29 is 10.2 Å². The van der Waals surface area contributed by atoms with Gasteiger partial charge in [0.15, 0.2) is 0 Å². The number of aromatic hydroxyl groups is 1. The third-order valence-electron chi connectivity index (χ3n) is 1.87. The monoisotopic (exact) mass is 181 g/mol. The summed E-state index contributed by atoms with van der Waals surface area (Å²) in [5.41, 5.74) is 0.818. The summed E-state index contributed by atoms with van der Waals surface area (Å²) in [5, 5.41) is 21.7. The number of hydrogen-bond acceptors (Lipinski definition) is 3. The highest BCUT2D eigenvalue weighted by atomic mass is 16.3. The Balaban J connectivity index is 2.55. The van der Waals surface area contributed by atoms with Crippen molar-refractivity contribution in [3.63, 3.8) is 0 Å². The van der Waals surface area contributed by atoms with Crippen LogP contribution in [0.15, 0.2) is 24.3 Å². The first-order valence-electron chi connectivity index (χ1n) is 4.41. The molecule has 0 heterocycles. The smallest absolute Gasteiger partial charge is 0.115 e. The van der Waals surface area contributed by atoms with Crippen molar-refractivity contribution in [2.45, 2.75) is 13.0 Å². The van der Waals surface area contributed by atoms with Crippen LogP contribution in [0.2, 0.25) is 0 Å². The summed E-state index contributed by atoms with van der Waals surface area (Å²) in [5.74, 6) is 0.222. The van der Waals surface area contributed by atoms with Crippen molar-refractivity contribution in [1.29, 1.82) is 0 Å². The molecule has 13 heavy (non-hydrogen) atoms. The van der Waals surface area contributed by atoms with Crippen molar-refractivity contribution >= 4 is 0 Å². The third-order valence-corrected chi connectivity index (χ3v) is 1.87. The van der Waals surface area contributed by atoms with E-state index in [0.717, 1.165) is 12.1 Å². The minimum Gasteiger partial charge on any atom is -0.508 e. The van der Waals surface area contributed by atoms with Gasteiger partial charge in [-0.15, -0.1) is 0 Å². The average Bonchev–Trinajstić information content (AvgIpc) is 2.15. The van der Waals surface area contributed by atoms with E-state index in [1.54, 1.807) is 24.3 Å². The number of phenols is 1. The lowest BCUT2D eigenvalue weighted by Gasteiger charge is -2.10. The standard InChI is InChI=1S/C10H15NO2/c1-2-11-7-10(13)8-3-5-9(12)6-4-8/h3-6,10-13H,2,7H2,1H3. The minimum atomic E-state index is -0.499. The number of phenolic OH excluding ortho intramolecular Hbond substituents is 1. The van der Waals surface area contributed by atoms with Crippen LogP contribution in [0.4, 0.5) is 0 Å². The molecule has 0 radical (unpaired) electrons. The lowest BCUT2D eigenvalue weighted by atomic mass is 10.1. The van der Waals surface area contributed by atoms with Gasteiger partial charge < -0.3 is 15.5 Å². The van der Waals surface area contributed by atoms with Crippen LogP contribution < -0.4 is 5.32 Å². The van der Waals surface area contributed by atoms with Crippen molar-refractivity contribution in [3.05, 3.63) is 29.8 Å². The SMILES string of the molecule is CCNCC(O)c1ccc(O)cc1. The molecule has 72 valence electrons. The van der Waals surface area contributed by atoms with Crippen molar-refractivity contribution in [1.82, 2.24) is 5.32 Å². The molecule has 3 nitrogen and oxygen atoms in total. The Kier molecular flexibility index (Phi) is 3.73. The normalized spacial score (nSPS) is 12.8. The largest absolute Gasteiger partial charge is 0.508 e. The molecule has 0 spiro atoms. The number of hydrogen-bond donors (Lipinski definition) is 3. The first-order valence-corrected chi connectivity index (χ1v) is 4.41. The summed E-state index contributed by atoms with van der Waals surface area (Å²) in [7, 11) is 0. The van der Waals surface area contributed by atoms with Gasteiger partial charge in [-0.25, -0.2) is 0 Å². The highest BCUT2D eigenvalue weighted by molar-refractivity contribution is 5.27. The minimum absolute atomic E-state index is 0.222. The lowest BCUT2D eigenvalue weighted by Crippen LogP contribution is -2.20. The van der Waals surface area contributed by atoms with Gasteiger partial charge in [0, 0.05) is 6.54 Å². The van der Waals surface area contributed by atoms with Gasteiger partial charge in [0.1, 0.15) is 5.75 Å². The Labute approximate surface area is 78.0 Å². The highest BCUT2D eigenvalue weighted by Crippen LogP contribution is 2.15. The summed E-state index contributed by atoms with van der Waals surface area (Å²) in [6, 6.07) is 6.59. The van der Waals surface area contributed by atoms with E-state index in [0.29, 0.717) is 6.54 Å². The Morgan fingerprint density at radius 3 is 2.46 bits per heavy atom. The van der Waals surface area contributed by atoms with Crippen LogP contribution in [-0.4, -0.2) is 23.3 Å². The fraction of sp³-hybridized carbons (Fsp3) is 0.400. The third kappa shape index (κ3) is 3.05. The number of aliphatic hydroxyl groups is 1. The molecule has 0 aliphatic carbocycles. The molecule has 3 N–H and O–H groups in total. The molecular weight excluding hydrogens is 166 g/mol. The van der Waals surface area contributed by atoms with Crippen molar-refractivity contribution in [3.8, 4) is 5.75 Å². The van der Waals surface area contributed by atoms with Crippen LogP contribution in [0.5, 0.6) is 5.75 Å². The quantitative estimate of drug-likeness (QED) is 0.650. The van der Waals surface area contributed by atoms with Crippen LogP contribution in [-0.2, 0) is 0 Å². The van der Waals surface area contributed by atoms with Gasteiger partial charge >= 0.3 is 0 Å². The summed E-state index contributed by atoms with van der Waals surface area (Å²) >= 11 is 0. The van der Waals surface area contributed by atoms with E-state index in [9.17, 15) is 5.11 Å². The number of likely N-dealkylation sites (N-methyl/N-ethyl adjacent to an activating group) is 1. The molecule has 0 saturated heterocycles. The van der Waals surface area contributed by atoms with Gasteiger partial charge in [-0.2, -0.15) is 0 Å². The summed E-state index contributed by atoms with van der Waals surface area (Å²) in [4.78, 5) is 0. The average molecular weight is 181 g/mol. The summed E-state index contributed by atoms with van der Waals surface area (Å²) < 4.78 is 0. The van der Waals surface area contributed by atoms with E-state index in [1.807, 2.05) is 6.92 Å². The highest BCUT2D eigenvalue weighted by Gasteiger charge is 2.05. The van der Waals surface area contributed by atoms with Gasteiger partial charge in [0.2, 0.25) is 0 Å². The number of rotatable bonds is 4. The van der Waals surface area contributed by atoms with Gasteiger partial charge in [-0.1, -0.05) is 19.1 Å². The zero-order chi connectivity index (χ0) is 9.68. The molecular formula is C10H15NO2. The maximum Gasteiger partial charge on any atom is 0.115 e. The molecule has 0 fully saturated rings. The molecule has 0 saturated carbocycles. The predicted molar refractivity (Wildman–Crippen MR) is 51.6 cm³/mol. The summed E-state index contributed by atoms with van der Waals surface area (Å²) in [6.07, 6.45) is -0.499. The van der Waals surface area contributed by atoms with Crippen LogP contribution in [0.25, 0.3) is 0 Å². The Morgan fingerprint density at radius 2 is 1.92 bits per heavy atom. The molecule has 0 aliphatic heterocycles. The van der Waals surface area contributed by atoms with Gasteiger partial charge in [0.05, 0.1) is 6.10 Å². The zero-order valence-corrected chi connectivity index (χ0v) is 7.70. The lowest BCUT2D eigenvalue weighted by molar-refractivity contribution is 0.175. The Hall–Kier alpha value is -1.06. The van der Waals surface area contributed by atoms with Crippen molar-refractivity contribution in [2.75, 3.05) is 13.1 Å². The molecule has 1 aromatic carbocycles. The zero-order valence-electron chi connectivity index (χ0n) is 7.70. The fourth-order valence-electron chi connectivity index (χ4n) is 1.10. The molecule has 1 aromatic rings. The molecule has 1 rings (SSSR count). The number of aliphatic hydroxyl groups excluding tert-OH is 1.